The average molecular weight is 409 g/mol. The minimum absolute atomic E-state index is 0.154. The molecule has 26 heavy (non-hydrogen) atoms. The Bertz CT molecular complexity index is 1050. The van der Waals surface area contributed by atoms with Gasteiger partial charge in [-0.25, -0.2) is 9.78 Å². The zero-order valence-electron chi connectivity index (χ0n) is 14.3. The van der Waals surface area contributed by atoms with Crippen molar-refractivity contribution in [2.24, 2.45) is 5.92 Å². The van der Waals surface area contributed by atoms with Crippen molar-refractivity contribution < 1.29 is 9.53 Å². The Morgan fingerprint density at radius 2 is 2.23 bits per heavy atom. The molecule has 0 unspecified atom stereocenters. The number of carbonyl (C=O) groups is 1. The molecule has 0 fully saturated rings. The molecular formula is C18H17ClN2O3S2. The Labute approximate surface area is 163 Å². The van der Waals surface area contributed by atoms with Crippen molar-refractivity contribution in [3.05, 3.63) is 48.0 Å². The molecule has 0 aliphatic heterocycles. The number of esters is 1. The third kappa shape index (κ3) is 3.19. The van der Waals surface area contributed by atoms with Gasteiger partial charge in [-0.2, -0.15) is 0 Å². The lowest BCUT2D eigenvalue weighted by Crippen LogP contribution is -2.18. The van der Waals surface area contributed by atoms with Crippen molar-refractivity contribution in [3.8, 4) is 0 Å². The summed E-state index contributed by atoms with van der Waals surface area (Å²) in [5.74, 6) is 0.521. The maximum Gasteiger partial charge on any atom is 0.349 e. The fourth-order valence-electron chi connectivity index (χ4n) is 3.26. The number of nitrogens with zero attached hydrogens (tertiary/aromatic N) is 1. The van der Waals surface area contributed by atoms with Gasteiger partial charge in [0.25, 0.3) is 5.56 Å². The summed E-state index contributed by atoms with van der Waals surface area (Å²) in [6.45, 7) is 3.93. The molecule has 8 heteroatoms. The van der Waals surface area contributed by atoms with Crippen LogP contribution in [0.15, 0.2) is 16.9 Å². The molecule has 0 saturated heterocycles. The molecule has 0 bridgehead atoms. The smallest absolute Gasteiger partial charge is 0.349 e. The number of carbonyl (C=O) groups excluding carboxylic acids is 1. The largest absolute Gasteiger partial charge is 0.450 e. The molecule has 136 valence electrons. The zero-order valence-corrected chi connectivity index (χ0v) is 16.7. The normalized spacial score (nSPS) is 17.9. The van der Waals surface area contributed by atoms with E-state index in [0.29, 0.717) is 26.3 Å². The van der Waals surface area contributed by atoms with Gasteiger partial charge < -0.3 is 9.72 Å². The highest BCUT2D eigenvalue weighted by Gasteiger charge is 2.24. The van der Waals surface area contributed by atoms with E-state index in [0.717, 1.165) is 41.0 Å². The van der Waals surface area contributed by atoms with Gasteiger partial charge in [-0.3, -0.25) is 4.79 Å². The van der Waals surface area contributed by atoms with Gasteiger partial charge in [-0.15, -0.1) is 22.7 Å². The van der Waals surface area contributed by atoms with Crippen LogP contribution in [0.3, 0.4) is 0 Å². The zero-order chi connectivity index (χ0) is 18.4. The fraction of sp³-hybridized carbons (Fsp3) is 0.389. The second-order valence-corrected chi connectivity index (χ2v) is 9.43. The molecule has 5 nitrogen and oxygen atoms in total. The summed E-state index contributed by atoms with van der Waals surface area (Å²) in [5, 5.41) is 0.698. The highest BCUT2D eigenvalue weighted by molar-refractivity contribution is 7.19. The van der Waals surface area contributed by atoms with Crippen LogP contribution in [0.2, 0.25) is 4.34 Å². The van der Waals surface area contributed by atoms with Crippen LogP contribution in [0.25, 0.3) is 10.2 Å². The third-order valence-corrected chi connectivity index (χ3v) is 6.99. The molecule has 0 radical (unpaired) electrons. The number of H-pyrrole nitrogens is 1. The molecule has 3 aromatic heterocycles. The fourth-order valence-corrected chi connectivity index (χ4v) is 5.57. The summed E-state index contributed by atoms with van der Waals surface area (Å²) in [7, 11) is 0. The number of thiophene rings is 2. The van der Waals surface area contributed by atoms with E-state index >= 15 is 0 Å². The van der Waals surface area contributed by atoms with Crippen molar-refractivity contribution in [1.29, 1.82) is 0 Å². The van der Waals surface area contributed by atoms with E-state index in [1.165, 1.54) is 4.88 Å². The maximum absolute atomic E-state index is 12.6. The minimum Gasteiger partial charge on any atom is -0.450 e. The van der Waals surface area contributed by atoms with Crippen LogP contribution in [0.1, 0.15) is 52.3 Å². The second-order valence-electron chi connectivity index (χ2n) is 6.63. The van der Waals surface area contributed by atoms with Gasteiger partial charge in [0, 0.05) is 4.88 Å². The van der Waals surface area contributed by atoms with Gasteiger partial charge in [0.15, 0.2) is 11.9 Å². The van der Waals surface area contributed by atoms with E-state index in [-0.39, 0.29) is 5.56 Å². The summed E-state index contributed by atoms with van der Waals surface area (Å²) in [5.41, 5.74) is 0.986. The molecule has 1 aliphatic rings. The quantitative estimate of drug-likeness (QED) is 0.635. The van der Waals surface area contributed by atoms with Crippen LogP contribution in [-0.2, 0) is 17.6 Å². The van der Waals surface area contributed by atoms with Crippen LogP contribution in [0, 0.1) is 5.92 Å². The van der Waals surface area contributed by atoms with Crippen LogP contribution in [0.5, 0.6) is 0 Å². The lowest BCUT2D eigenvalue weighted by molar-refractivity contribution is 0.0326. The lowest BCUT2D eigenvalue weighted by atomic mass is 9.89. The standard InChI is InChI=1S/C18H17ClN2O3S2/c1-8-3-4-10-12(7-8)26-17-14(10)16(22)20-15(21-17)9(2)24-18(23)11-5-6-13(19)25-11/h5-6,8-9H,3-4,7H2,1-2H3,(H,20,21,22)/t8-,9+/m0/s1. The number of nitrogens with one attached hydrogen (secondary N) is 1. The van der Waals surface area contributed by atoms with E-state index in [4.69, 9.17) is 16.3 Å². The summed E-state index contributed by atoms with van der Waals surface area (Å²) in [6, 6.07) is 3.27. The number of aryl methyl sites for hydroxylation is 1. The predicted octanol–water partition coefficient (Wildman–Crippen LogP) is 4.74. The Balaban J connectivity index is 1.64. The van der Waals surface area contributed by atoms with E-state index in [2.05, 4.69) is 16.9 Å². The summed E-state index contributed by atoms with van der Waals surface area (Å²) in [4.78, 5) is 34.6. The van der Waals surface area contributed by atoms with Gasteiger partial charge in [-0.1, -0.05) is 18.5 Å². The minimum atomic E-state index is -0.654. The Hall–Kier alpha value is -1.70. The lowest BCUT2D eigenvalue weighted by Gasteiger charge is -2.17. The van der Waals surface area contributed by atoms with Crippen molar-refractivity contribution in [2.75, 3.05) is 0 Å². The molecule has 0 saturated carbocycles. The van der Waals surface area contributed by atoms with Crippen molar-refractivity contribution >= 4 is 50.5 Å². The summed E-state index contributed by atoms with van der Waals surface area (Å²) in [6.07, 6.45) is 2.36. The summed E-state index contributed by atoms with van der Waals surface area (Å²) >= 11 is 8.59. The molecule has 4 rings (SSSR count). The number of aromatic amines is 1. The molecule has 0 spiro atoms. The van der Waals surface area contributed by atoms with E-state index in [9.17, 15) is 9.59 Å². The first kappa shape index (κ1) is 17.7. The number of halogens is 1. The van der Waals surface area contributed by atoms with Crippen LogP contribution < -0.4 is 5.56 Å². The predicted molar refractivity (Wildman–Crippen MR) is 105 cm³/mol. The first-order valence-corrected chi connectivity index (χ1v) is 10.4. The van der Waals surface area contributed by atoms with E-state index < -0.39 is 12.1 Å². The monoisotopic (exact) mass is 408 g/mol. The first-order chi connectivity index (χ1) is 12.4. The maximum atomic E-state index is 12.6. The van der Waals surface area contributed by atoms with Gasteiger partial charge >= 0.3 is 5.97 Å². The number of aromatic nitrogens is 2. The van der Waals surface area contributed by atoms with Gasteiger partial charge in [0.2, 0.25) is 0 Å². The van der Waals surface area contributed by atoms with Gasteiger partial charge in [0.1, 0.15) is 9.71 Å². The first-order valence-electron chi connectivity index (χ1n) is 8.43. The number of ether oxygens (including phenoxy) is 1. The van der Waals surface area contributed by atoms with E-state index in [1.807, 2.05) is 0 Å². The highest BCUT2D eigenvalue weighted by Crippen LogP contribution is 2.36. The molecule has 3 aromatic rings. The highest BCUT2D eigenvalue weighted by atomic mass is 35.5. The SMILES string of the molecule is C[C@H]1CCc2c(sc3nc([C@@H](C)OC(=O)c4ccc(Cl)s4)[nH]c(=O)c23)C1. The Morgan fingerprint density at radius 3 is 2.96 bits per heavy atom. The molecule has 0 amide bonds. The molecular weight excluding hydrogens is 392 g/mol. The Morgan fingerprint density at radius 1 is 1.42 bits per heavy atom. The number of hydrogen-bond donors (Lipinski definition) is 1. The second kappa shape index (κ2) is 6.79. The molecule has 1 N–H and O–H groups in total. The molecule has 2 atom stereocenters. The molecule has 3 heterocycles. The van der Waals surface area contributed by atoms with Crippen LogP contribution in [0.4, 0.5) is 0 Å². The Kier molecular flexibility index (Phi) is 4.62. The number of fused-ring (bicyclic) bond motifs is 3. The van der Waals surface area contributed by atoms with Crippen molar-refractivity contribution in [3.63, 3.8) is 0 Å². The number of hydrogen-bond acceptors (Lipinski definition) is 6. The van der Waals surface area contributed by atoms with Gasteiger partial charge in [-0.05, 0) is 49.8 Å². The van der Waals surface area contributed by atoms with Crippen LogP contribution in [-0.4, -0.2) is 15.9 Å². The van der Waals surface area contributed by atoms with Crippen LogP contribution >= 0.6 is 34.3 Å². The molecule has 0 aromatic carbocycles. The topological polar surface area (TPSA) is 72.0 Å². The average Bonchev–Trinajstić information content (AvgIpc) is 3.17. The molecule has 1 aliphatic carbocycles. The third-order valence-electron chi connectivity index (χ3n) is 4.63. The summed E-state index contributed by atoms with van der Waals surface area (Å²) < 4.78 is 5.97. The van der Waals surface area contributed by atoms with E-state index in [1.54, 1.807) is 30.4 Å². The van der Waals surface area contributed by atoms with Gasteiger partial charge in [0.05, 0.1) is 9.72 Å². The number of rotatable bonds is 3. The van der Waals surface area contributed by atoms with Crippen molar-refractivity contribution in [1.82, 2.24) is 9.97 Å². The van der Waals surface area contributed by atoms with Crippen molar-refractivity contribution in [2.45, 2.75) is 39.2 Å².